The van der Waals surface area contributed by atoms with Crippen molar-refractivity contribution in [1.82, 2.24) is 0 Å². The Balaban J connectivity index is 1.69. The van der Waals surface area contributed by atoms with Gasteiger partial charge in [-0.2, -0.15) is 0 Å². The molecule has 0 radical (unpaired) electrons. The van der Waals surface area contributed by atoms with Crippen LogP contribution in [0, 0.1) is 22.9 Å². The molecule has 3 rings (SSSR count). The van der Waals surface area contributed by atoms with Gasteiger partial charge < -0.3 is 14.5 Å². The number of hydrogen-bond donors (Lipinski definition) is 1. The summed E-state index contributed by atoms with van der Waals surface area (Å²) in [5, 5.41) is 13.6. The molecule has 0 bridgehead atoms. The average molecular weight is 407 g/mol. The van der Waals surface area contributed by atoms with Crippen LogP contribution in [0.2, 0.25) is 5.02 Å². The lowest BCUT2D eigenvalue weighted by atomic mass is 10.1. The second-order valence-electron chi connectivity index (χ2n) is 5.72. The Morgan fingerprint density at radius 2 is 2.07 bits per heavy atom. The SMILES string of the molecule is Cc1c(C(=O)OCC(=O)Nc2cc([N+](=O)[O-])ccc2Cl)oc2c(F)cccc12. The zero-order chi connectivity index (χ0) is 20.4. The number of hydrogen-bond acceptors (Lipinski definition) is 6. The number of para-hydroxylation sites is 1. The summed E-state index contributed by atoms with van der Waals surface area (Å²) >= 11 is 5.89. The molecule has 0 saturated heterocycles. The summed E-state index contributed by atoms with van der Waals surface area (Å²) in [5.74, 6) is -2.57. The Kier molecular flexibility index (Phi) is 5.27. The van der Waals surface area contributed by atoms with E-state index in [9.17, 15) is 24.1 Å². The molecule has 0 unspecified atom stereocenters. The van der Waals surface area contributed by atoms with Crippen LogP contribution in [0.15, 0.2) is 40.8 Å². The number of nitrogens with one attached hydrogen (secondary N) is 1. The number of rotatable bonds is 5. The van der Waals surface area contributed by atoms with Crippen molar-refractivity contribution < 1.29 is 28.1 Å². The van der Waals surface area contributed by atoms with E-state index in [-0.39, 0.29) is 27.7 Å². The Morgan fingerprint density at radius 1 is 1.32 bits per heavy atom. The highest BCUT2D eigenvalue weighted by Crippen LogP contribution is 2.28. The smallest absolute Gasteiger partial charge is 0.375 e. The van der Waals surface area contributed by atoms with Crippen LogP contribution in [0.4, 0.5) is 15.8 Å². The zero-order valence-corrected chi connectivity index (χ0v) is 15.1. The molecule has 0 aliphatic heterocycles. The largest absolute Gasteiger partial charge is 0.450 e. The van der Waals surface area contributed by atoms with E-state index in [1.165, 1.54) is 24.3 Å². The first-order valence-corrected chi connectivity index (χ1v) is 8.24. The van der Waals surface area contributed by atoms with Crippen LogP contribution in [-0.4, -0.2) is 23.4 Å². The fourth-order valence-corrected chi connectivity index (χ4v) is 2.67. The molecule has 144 valence electrons. The molecular weight excluding hydrogens is 395 g/mol. The van der Waals surface area contributed by atoms with E-state index in [4.69, 9.17) is 20.8 Å². The number of ether oxygens (including phenoxy) is 1. The first-order chi connectivity index (χ1) is 13.3. The normalized spacial score (nSPS) is 10.7. The quantitative estimate of drug-likeness (QED) is 0.385. The van der Waals surface area contributed by atoms with Gasteiger partial charge in [-0.05, 0) is 19.1 Å². The zero-order valence-electron chi connectivity index (χ0n) is 14.3. The number of anilines is 1. The van der Waals surface area contributed by atoms with Crippen LogP contribution in [0.1, 0.15) is 16.1 Å². The summed E-state index contributed by atoms with van der Waals surface area (Å²) in [6.07, 6.45) is 0. The minimum Gasteiger partial charge on any atom is -0.450 e. The number of carbonyl (C=O) groups excluding carboxylic acids is 2. The van der Waals surface area contributed by atoms with Gasteiger partial charge in [-0.1, -0.05) is 23.7 Å². The number of non-ortho nitro benzene ring substituents is 1. The number of nitro groups is 1. The number of halogens is 2. The van der Waals surface area contributed by atoms with Crippen LogP contribution in [0.25, 0.3) is 11.0 Å². The third-order valence-corrected chi connectivity index (χ3v) is 4.20. The van der Waals surface area contributed by atoms with E-state index < -0.39 is 29.2 Å². The number of aryl methyl sites for hydroxylation is 1. The van der Waals surface area contributed by atoms with Gasteiger partial charge in [0, 0.05) is 23.1 Å². The van der Waals surface area contributed by atoms with E-state index >= 15 is 0 Å². The molecule has 8 nitrogen and oxygen atoms in total. The highest BCUT2D eigenvalue weighted by atomic mass is 35.5. The van der Waals surface area contributed by atoms with Gasteiger partial charge in [0.1, 0.15) is 0 Å². The molecular formula is C18H12ClFN2O6. The van der Waals surface area contributed by atoms with Gasteiger partial charge in [0.15, 0.2) is 18.0 Å². The van der Waals surface area contributed by atoms with Crippen LogP contribution in [0.3, 0.4) is 0 Å². The molecule has 0 aliphatic rings. The lowest BCUT2D eigenvalue weighted by molar-refractivity contribution is -0.384. The molecule has 1 heterocycles. The minimum absolute atomic E-state index is 0.00101. The van der Waals surface area contributed by atoms with Gasteiger partial charge >= 0.3 is 5.97 Å². The fourth-order valence-electron chi connectivity index (χ4n) is 2.51. The van der Waals surface area contributed by atoms with Crippen LogP contribution in [0.5, 0.6) is 0 Å². The topological polar surface area (TPSA) is 112 Å². The van der Waals surface area contributed by atoms with Crippen LogP contribution >= 0.6 is 11.6 Å². The third-order valence-electron chi connectivity index (χ3n) is 3.87. The first-order valence-electron chi connectivity index (χ1n) is 7.86. The van der Waals surface area contributed by atoms with Gasteiger partial charge in [-0.15, -0.1) is 0 Å². The molecule has 10 heteroatoms. The second kappa shape index (κ2) is 7.65. The number of furan rings is 1. The maximum atomic E-state index is 13.8. The monoisotopic (exact) mass is 406 g/mol. The lowest BCUT2D eigenvalue weighted by Gasteiger charge is -2.07. The van der Waals surface area contributed by atoms with Crippen molar-refractivity contribution >= 4 is 45.8 Å². The van der Waals surface area contributed by atoms with E-state index in [2.05, 4.69) is 5.32 Å². The molecule has 3 aromatic rings. The highest BCUT2D eigenvalue weighted by molar-refractivity contribution is 6.33. The van der Waals surface area contributed by atoms with Crippen molar-refractivity contribution in [2.24, 2.45) is 0 Å². The fraction of sp³-hybridized carbons (Fsp3) is 0.111. The van der Waals surface area contributed by atoms with E-state index in [0.717, 1.165) is 6.07 Å². The third kappa shape index (κ3) is 3.79. The summed E-state index contributed by atoms with van der Waals surface area (Å²) in [5.41, 5.74) is 0.0249. The average Bonchev–Trinajstić information content (AvgIpc) is 3.00. The summed E-state index contributed by atoms with van der Waals surface area (Å²) < 4.78 is 23.9. The van der Waals surface area contributed by atoms with Crippen molar-refractivity contribution in [3.8, 4) is 0 Å². The summed E-state index contributed by atoms with van der Waals surface area (Å²) in [4.78, 5) is 34.3. The molecule has 2 aromatic carbocycles. The number of nitrogens with zero attached hydrogens (tertiary/aromatic N) is 1. The van der Waals surface area contributed by atoms with Gasteiger partial charge in [0.25, 0.3) is 11.6 Å². The molecule has 0 aliphatic carbocycles. The molecule has 1 N–H and O–H groups in total. The van der Waals surface area contributed by atoms with Gasteiger partial charge in [0.2, 0.25) is 5.76 Å². The maximum absolute atomic E-state index is 13.8. The lowest BCUT2D eigenvalue weighted by Crippen LogP contribution is -2.21. The van der Waals surface area contributed by atoms with Crippen molar-refractivity contribution in [3.05, 3.63) is 68.7 Å². The Morgan fingerprint density at radius 3 is 2.75 bits per heavy atom. The molecule has 0 saturated carbocycles. The van der Waals surface area contributed by atoms with Gasteiger partial charge in [0.05, 0.1) is 15.6 Å². The highest BCUT2D eigenvalue weighted by Gasteiger charge is 2.22. The summed E-state index contributed by atoms with van der Waals surface area (Å²) in [7, 11) is 0. The van der Waals surface area contributed by atoms with Crippen molar-refractivity contribution in [1.29, 1.82) is 0 Å². The van der Waals surface area contributed by atoms with E-state index in [1.807, 2.05) is 0 Å². The Labute approximate surface area is 162 Å². The number of fused-ring (bicyclic) bond motifs is 1. The number of benzene rings is 2. The predicted octanol–water partition coefficient (Wildman–Crippen LogP) is 4.24. The molecule has 0 atom stereocenters. The van der Waals surface area contributed by atoms with Crippen molar-refractivity contribution in [2.45, 2.75) is 6.92 Å². The number of carbonyl (C=O) groups is 2. The summed E-state index contributed by atoms with van der Waals surface area (Å²) in [6.45, 7) is 0.863. The molecule has 0 spiro atoms. The molecule has 28 heavy (non-hydrogen) atoms. The van der Waals surface area contributed by atoms with Crippen molar-refractivity contribution in [2.75, 3.05) is 11.9 Å². The van der Waals surface area contributed by atoms with Crippen molar-refractivity contribution in [3.63, 3.8) is 0 Å². The van der Waals surface area contributed by atoms with Gasteiger partial charge in [-0.25, -0.2) is 9.18 Å². The first kappa shape index (κ1) is 19.3. The number of nitro benzene ring substituents is 1. The Bertz CT molecular complexity index is 1110. The van der Waals surface area contributed by atoms with E-state index in [0.29, 0.717) is 10.9 Å². The predicted molar refractivity (Wildman–Crippen MR) is 97.9 cm³/mol. The number of esters is 1. The number of amides is 1. The molecule has 1 aromatic heterocycles. The summed E-state index contributed by atoms with van der Waals surface area (Å²) in [6, 6.07) is 7.77. The second-order valence-corrected chi connectivity index (χ2v) is 6.13. The standard InChI is InChI=1S/C18H12ClFN2O6/c1-9-11-3-2-4-13(20)17(11)28-16(9)18(24)27-8-15(23)21-14-7-10(22(25)26)5-6-12(14)19/h2-7H,8H2,1H3,(H,21,23). The Hall–Kier alpha value is -3.46. The van der Waals surface area contributed by atoms with E-state index in [1.54, 1.807) is 13.0 Å². The maximum Gasteiger partial charge on any atom is 0.375 e. The van der Waals surface area contributed by atoms with Crippen LogP contribution in [-0.2, 0) is 9.53 Å². The van der Waals surface area contributed by atoms with Gasteiger partial charge in [-0.3, -0.25) is 14.9 Å². The molecule has 0 fully saturated rings. The van der Waals surface area contributed by atoms with Crippen LogP contribution < -0.4 is 5.32 Å². The minimum atomic E-state index is -0.951. The molecule has 1 amide bonds.